The third-order valence-electron chi connectivity index (χ3n) is 4.88. The zero-order chi connectivity index (χ0) is 22.6. The van der Waals surface area contributed by atoms with Crippen LogP contribution in [-0.2, 0) is 16.0 Å². The predicted molar refractivity (Wildman–Crippen MR) is 111 cm³/mol. The second kappa shape index (κ2) is 7.41. The Morgan fingerprint density at radius 3 is 2.35 bits per heavy atom. The van der Waals surface area contributed by atoms with Crippen molar-refractivity contribution in [2.45, 2.75) is 29.8 Å². The number of hydrogen-bond donors (Lipinski definition) is 3. The number of rotatable bonds is 5. The number of nitrogens with two attached hydrogens (primary N) is 1. The summed E-state index contributed by atoms with van der Waals surface area (Å²) in [5, 5.41) is 8.18. The van der Waals surface area contributed by atoms with Gasteiger partial charge in [-0.2, -0.15) is 18.2 Å². The van der Waals surface area contributed by atoms with Gasteiger partial charge in [0, 0.05) is 11.8 Å². The van der Waals surface area contributed by atoms with Crippen molar-refractivity contribution in [3.63, 3.8) is 0 Å². The molecule has 3 aromatic rings. The highest BCUT2D eigenvalue weighted by atomic mass is 35.5. The molecule has 12 heteroatoms. The summed E-state index contributed by atoms with van der Waals surface area (Å²) in [5.41, 5.74) is 4.46. The van der Waals surface area contributed by atoms with Crippen molar-refractivity contribution in [1.82, 2.24) is 15.2 Å². The summed E-state index contributed by atoms with van der Waals surface area (Å²) in [6.07, 6.45) is -2.23. The number of aromatic nitrogens is 3. The number of aromatic amines is 1. The molecule has 0 amide bonds. The predicted octanol–water partition coefficient (Wildman–Crippen LogP) is 4.75. The lowest BCUT2D eigenvalue weighted by Gasteiger charge is -2.21. The van der Waals surface area contributed by atoms with E-state index in [2.05, 4.69) is 20.5 Å². The van der Waals surface area contributed by atoms with Gasteiger partial charge in [0.05, 0.1) is 16.3 Å². The zero-order valence-corrected chi connectivity index (χ0v) is 17.7. The molecule has 1 saturated carbocycles. The maximum atomic E-state index is 14.2. The first-order valence-corrected chi connectivity index (χ1v) is 11.4. The third-order valence-corrected chi connectivity index (χ3v) is 6.35. The number of nitrogens with one attached hydrogen (secondary N) is 2. The first-order chi connectivity index (χ1) is 14.4. The summed E-state index contributed by atoms with van der Waals surface area (Å²) >= 11 is 6.28. The molecule has 4 rings (SSSR count). The summed E-state index contributed by atoms with van der Waals surface area (Å²) in [6, 6.07) is 7.65. The van der Waals surface area contributed by atoms with Crippen LogP contribution in [0.1, 0.15) is 29.9 Å². The van der Waals surface area contributed by atoms with Gasteiger partial charge in [-0.25, -0.2) is 13.5 Å². The Labute approximate surface area is 180 Å². The van der Waals surface area contributed by atoms with Crippen LogP contribution in [0.15, 0.2) is 35.2 Å². The summed E-state index contributed by atoms with van der Waals surface area (Å²) in [7, 11) is -4.36. The molecule has 1 aromatic heterocycles. The van der Waals surface area contributed by atoms with Crippen molar-refractivity contribution in [3.05, 3.63) is 46.5 Å². The van der Waals surface area contributed by atoms with E-state index >= 15 is 0 Å². The molecule has 31 heavy (non-hydrogen) atoms. The fourth-order valence-corrected chi connectivity index (χ4v) is 4.86. The van der Waals surface area contributed by atoms with Crippen LogP contribution in [0.25, 0.3) is 11.1 Å². The molecule has 2 aromatic carbocycles. The molecule has 164 valence electrons. The topological polar surface area (TPSA) is 114 Å². The van der Waals surface area contributed by atoms with E-state index in [-0.39, 0.29) is 22.5 Å². The van der Waals surface area contributed by atoms with E-state index in [0.29, 0.717) is 12.2 Å². The number of halogens is 4. The summed E-state index contributed by atoms with van der Waals surface area (Å²) < 4.78 is 67.7. The highest BCUT2D eigenvalue weighted by Crippen LogP contribution is 2.48. The Morgan fingerprint density at radius 2 is 1.87 bits per heavy atom. The molecule has 0 aliphatic heterocycles. The van der Waals surface area contributed by atoms with Crippen molar-refractivity contribution in [3.8, 4) is 11.1 Å². The van der Waals surface area contributed by atoms with Crippen LogP contribution in [0.3, 0.4) is 0 Å². The second-order valence-electron chi connectivity index (χ2n) is 7.32. The van der Waals surface area contributed by atoms with Crippen LogP contribution in [0.4, 0.5) is 30.8 Å². The van der Waals surface area contributed by atoms with Crippen LogP contribution in [-0.4, -0.2) is 29.9 Å². The summed E-state index contributed by atoms with van der Waals surface area (Å²) in [6.45, 7) is 0. The minimum Gasteiger partial charge on any atom is -0.368 e. The summed E-state index contributed by atoms with van der Waals surface area (Å²) in [4.78, 5) is 2.79. The fourth-order valence-electron chi connectivity index (χ4n) is 3.45. The highest BCUT2D eigenvalue weighted by molar-refractivity contribution is 7.91. The largest absolute Gasteiger partial charge is 0.418 e. The van der Waals surface area contributed by atoms with Crippen molar-refractivity contribution in [2.75, 3.05) is 17.3 Å². The average Bonchev–Trinajstić information content (AvgIpc) is 3.42. The van der Waals surface area contributed by atoms with Crippen molar-refractivity contribution in [2.24, 2.45) is 0 Å². The van der Waals surface area contributed by atoms with Gasteiger partial charge in [-0.3, -0.25) is 0 Å². The average molecular weight is 472 g/mol. The van der Waals surface area contributed by atoms with Gasteiger partial charge in [0.25, 0.3) is 0 Å². The van der Waals surface area contributed by atoms with Gasteiger partial charge in [0.15, 0.2) is 9.84 Å². The molecule has 0 spiro atoms. The standard InChI is InChI=1S/C19H17ClF3N5O2S/c1-31(29,30)16-13(25-18-26-17(24)27-28-18)8-12(20)14(15(16)19(21,22)23)11-6-4-10(5-7-11)9-2-3-9/h4-9H,2-3H2,1H3,(H4,24,25,26,27,28). The number of H-pyrrole nitrogens is 1. The van der Waals surface area contributed by atoms with Gasteiger partial charge in [0.1, 0.15) is 4.90 Å². The molecule has 1 fully saturated rings. The first kappa shape index (κ1) is 21.4. The lowest BCUT2D eigenvalue weighted by molar-refractivity contribution is -0.139. The van der Waals surface area contributed by atoms with Crippen LogP contribution < -0.4 is 11.1 Å². The Balaban J connectivity index is 1.96. The lowest BCUT2D eigenvalue weighted by Crippen LogP contribution is -2.17. The van der Waals surface area contributed by atoms with Gasteiger partial charge in [-0.15, -0.1) is 5.10 Å². The number of nitrogen functional groups attached to an aromatic ring is 1. The Hall–Kier alpha value is -2.79. The van der Waals surface area contributed by atoms with E-state index in [4.69, 9.17) is 17.3 Å². The van der Waals surface area contributed by atoms with Crippen molar-refractivity contribution in [1.29, 1.82) is 0 Å². The van der Waals surface area contributed by atoms with Crippen LogP contribution >= 0.6 is 11.6 Å². The van der Waals surface area contributed by atoms with E-state index in [1.165, 1.54) is 12.1 Å². The molecular formula is C19H17ClF3N5O2S. The Bertz CT molecular complexity index is 1250. The quantitative estimate of drug-likeness (QED) is 0.494. The maximum absolute atomic E-state index is 14.2. The molecular weight excluding hydrogens is 455 g/mol. The second-order valence-corrected chi connectivity index (χ2v) is 9.68. The van der Waals surface area contributed by atoms with E-state index in [1.54, 1.807) is 12.1 Å². The Morgan fingerprint density at radius 1 is 1.23 bits per heavy atom. The smallest absolute Gasteiger partial charge is 0.368 e. The van der Waals surface area contributed by atoms with E-state index in [0.717, 1.165) is 24.5 Å². The number of anilines is 3. The first-order valence-electron chi connectivity index (χ1n) is 9.14. The van der Waals surface area contributed by atoms with E-state index in [1.807, 2.05) is 0 Å². The number of nitrogens with zero attached hydrogens (tertiary/aromatic N) is 2. The number of hydrogen-bond acceptors (Lipinski definition) is 6. The minimum absolute atomic E-state index is 0.0991. The van der Waals surface area contributed by atoms with Gasteiger partial charge in [0.2, 0.25) is 11.9 Å². The number of alkyl halides is 3. The molecule has 4 N–H and O–H groups in total. The van der Waals surface area contributed by atoms with Gasteiger partial charge in [-0.05, 0) is 36.0 Å². The molecule has 0 saturated heterocycles. The fraction of sp³-hybridized carbons (Fsp3) is 0.263. The normalized spacial score (nSPS) is 14.6. The van der Waals surface area contributed by atoms with Crippen LogP contribution in [0.5, 0.6) is 0 Å². The maximum Gasteiger partial charge on any atom is 0.418 e. The van der Waals surface area contributed by atoms with Crippen LogP contribution in [0, 0.1) is 0 Å². The van der Waals surface area contributed by atoms with Crippen LogP contribution in [0.2, 0.25) is 5.02 Å². The molecule has 0 bridgehead atoms. The monoisotopic (exact) mass is 471 g/mol. The molecule has 7 nitrogen and oxygen atoms in total. The Kier molecular flexibility index (Phi) is 5.13. The lowest BCUT2D eigenvalue weighted by atomic mass is 9.96. The van der Waals surface area contributed by atoms with Gasteiger partial charge in [-0.1, -0.05) is 35.9 Å². The van der Waals surface area contributed by atoms with E-state index < -0.39 is 37.7 Å². The van der Waals surface area contributed by atoms with Crippen molar-refractivity contribution >= 4 is 39.0 Å². The van der Waals surface area contributed by atoms with Gasteiger partial charge < -0.3 is 11.1 Å². The molecule has 0 atom stereocenters. The number of sulfone groups is 1. The third kappa shape index (κ3) is 4.33. The minimum atomic E-state index is -5.01. The molecule has 1 aliphatic carbocycles. The van der Waals surface area contributed by atoms with Crippen molar-refractivity contribution < 1.29 is 21.6 Å². The molecule has 1 aliphatic rings. The highest BCUT2D eigenvalue weighted by Gasteiger charge is 2.42. The molecule has 1 heterocycles. The molecule has 0 radical (unpaired) electrons. The van der Waals surface area contributed by atoms with E-state index in [9.17, 15) is 21.6 Å². The summed E-state index contributed by atoms with van der Waals surface area (Å²) in [5.74, 6) is 0.115. The SMILES string of the molecule is CS(=O)(=O)c1c(Nc2n[nH]c(N)n2)cc(Cl)c(-c2ccc(C3CC3)cc2)c1C(F)(F)F. The van der Waals surface area contributed by atoms with Gasteiger partial charge >= 0.3 is 6.18 Å². The molecule has 0 unspecified atom stereocenters. The zero-order valence-electron chi connectivity index (χ0n) is 16.1. The number of benzene rings is 2.